The van der Waals surface area contributed by atoms with Crippen LogP contribution < -0.4 is 5.32 Å². The molecule has 2 rings (SSSR count). The summed E-state index contributed by atoms with van der Waals surface area (Å²) < 4.78 is 5.39. The summed E-state index contributed by atoms with van der Waals surface area (Å²) in [5, 5.41) is 12.1. The predicted molar refractivity (Wildman–Crippen MR) is 77.7 cm³/mol. The normalized spacial score (nSPS) is 9.65. The van der Waals surface area contributed by atoms with Gasteiger partial charge in [0, 0.05) is 16.4 Å². The lowest BCUT2D eigenvalue weighted by molar-refractivity contribution is 0.0601. The van der Waals surface area contributed by atoms with Gasteiger partial charge in [-0.1, -0.05) is 6.07 Å². The van der Waals surface area contributed by atoms with E-state index in [1.54, 1.807) is 36.5 Å². The number of nitriles is 1. The third-order valence-electron chi connectivity index (χ3n) is 2.52. The van der Waals surface area contributed by atoms with Crippen LogP contribution in [0.4, 0.5) is 11.5 Å². The molecule has 1 aromatic heterocycles. The quantitative estimate of drug-likeness (QED) is 0.874. The molecule has 1 heterocycles. The molecule has 0 aliphatic carbocycles. The summed E-state index contributed by atoms with van der Waals surface area (Å²) in [5.74, 6) is 0.00985. The van der Waals surface area contributed by atoms with Gasteiger partial charge in [0.15, 0.2) is 0 Å². The first-order valence-corrected chi connectivity index (χ1v) is 6.44. The van der Waals surface area contributed by atoms with Gasteiger partial charge in [0.2, 0.25) is 0 Å². The molecule has 100 valence electrons. The highest BCUT2D eigenvalue weighted by atomic mass is 79.9. The van der Waals surface area contributed by atoms with Crippen molar-refractivity contribution in [3.8, 4) is 6.07 Å². The summed E-state index contributed by atoms with van der Waals surface area (Å²) in [4.78, 5) is 15.6. The van der Waals surface area contributed by atoms with Crippen LogP contribution in [0, 0.1) is 11.3 Å². The van der Waals surface area contributed by atoms with Crippen LogP contribution >= 0.6 is 15.9 Å². The van der Waals surface area contributed by atoms with Crippen molar-refractivity contribution in [2.45, 2.75) is 0 Å². The van der Waals surface area contributed by atoms with Crippen molar-refractivity contribution in [2.75, 3.05) is 12.4 Å². The van der Waals surface area contributed by atoms with E-state index in [1.807, 2.05) is 0 Å². The standard InChI is InChI=1S/C14H10BrN3O2/c1-20-14(19)9-3-2-4-12(6-9)18-13-10(7-16)5-11(15)8-17-13/h2-6,8H,1H3,(H,17,18). The van der Waals surface area contributed by atoms with Gasteiger partial charge in [-0.05, 0) is 40.2 Å². The third kappa shape index (κ3) is 3.13. The third-order valence-corrected chi connectivity index (χ3v) is 2.95. The lowest BCUT2D eigenvalue weighted by atomic mass is 10.2. The molecule has 1 N–H and O–H groups in total. The number of aromatic nitrogens is 1. The lowest BCUT2D eigenvalue weighted by Gasteiger charge is -2.08. The number of rotatable bonds is 3. The van der Waals surface area contributed by atoms with Crippen LogP contribution in [0.3, 0.4) is 0 Å². The van der Waals surface area contributed by atoms with E-state index >= 15 is 0 Å². The maximum Gasteiger partial charge on any atom is 0.337 e. The van der Waals surface area contributed by atoms with Gasteiger partial charge in [-0.15, -0.1) is 0 Å². The smallest absolute Gasteiger partial charge is 0.337 e. The fourth-order valence-electron chi connectivity index (χ4n) is 1.60. The Morgan fingerprint density at radius 3 is 2.95 bits per heavy atom. The fraction of sp³-hybridized carbons (Fsp3) is 0.0714. The van der Waals surface area contributed by atoms with Gasteiger partial charge in [-0.2, -0.15) is 5.26 Å². The van der Waals surface area contributed by atoms with Gasteiger partial charge in [0.1, 0.15) is 11.9 Å². The predicted octanol–water partition coefficient (Wildman–Crippen LogP) is 3.25. The van der Waals surface area contributed by atoms with Gasteiger partial charge >= 0.3 is 5.97 Å². The first kappa shape index (κ1) is 14.0. The first-order chi connectivity index (χ1) is 9.63. The zero-order chi connectivity index (χ0) is 14.5. The minimum atomic E-state index is -0.419. The molecular formula is C14H10BrN3O2. The molecule has 0 fully saturated rings. The van der Waals surface area contributed by atoms with Crippen LogP contribution in [0.2, 0.25) is 0 Å². The number of hydrogen-bond donors (Lipinski definition) is 1. The number of nitrogens with one attached hydrogen (secondary N) is 1. The maximum absolute atomic E-state index is 11.5. The topological polar surface area (TPSA) is 75.0 Å². The number of halogens is 1. The minimum Gasteiger partial charge on any atom is -0.465 e. The molecule has 0 radical (unpaired) electrons. The number of anilines is 2. The molecule has 0 aliphatic rings. The molecule has 0 aliphatic heterocycles. The Labute approximate surface area is 124 Å². The highest BCUT2D eigenvalue weighted by Gasteiger charge is 2.08. The highest BCUT2D eigenvalue weighted by Crippen LogP contribution is 2.22. The number of ether oxygens (including phenoxy) is 1. The molecule has 5 nitrogen and oxygen atoms in total. The second kappa shape index (κ2) is 6.17. The number of benzene rings is 1. The number of carbonyl (C=O) groups is 1. The number of pyridine rings is 1. The van der Waals surface area contributed by atoms with Crippen molar-refractivity contribution >= 4 is 33.4 Å². The minimum absolute atomic E-state index is 0.405. The first-order valence-electron chi connectivity index (χ1n) is 5.65. The molecular weight excluding hydrogens is 322 g/mol. The van der Waals surface area contributed by atoms with Gasteiger partial charge in [-0.25, -0.2) is 9.78 Å². The van der Waals surface area contributed by atoms with Gasteiger partial charge in [0.05, 0.1) is 18.2 Å². The van der Waals surface area contributed by atoms with Gasteiger partial charge in [0.25, 0.3) is 0 Å². The lowest BCUT2D eigenvalue weighted by Crippen LogP contribution is -2.02. The van der Waals surface area contributed by atoms with Crippen molar-refractivity contribution in [2.24, 2.45) is 0 Å². The second-order valence-electron chi connectivity index (χ2n) is 3.86. The number of methoxy groups -OCH3 is 1. The van der Waals surface area contributed by atoms with Crippen molar-refractivity contribution in [1.29, 1.82) is 5.26 Å². The van der Waals surface area contributed by atoms with Crippen LogP contribution in [-0.4, -0.2) is 18.1 Å². The molecule has 0 spiro atoms. The van der Waals surface area contributed by atoms with Gasteiger partial charge in [-0.3, -0.25) is 0 Å². The van der Waals surface area contributed by atoms with Crippen LogP contribution in [0.25, 0.3) is 0 Å². The van der Waals surface area contributed by atoms with Crippen molar-refractivity contribution in [1.82, 2.24) is 4.98 Å². The molecule has 0 atom stereocenters. The van der Waals surface area contributed by atoms with Crippen molar-refractivity contribution in [3.05, 3.63) is 52.1 Å². The summed E-state index contributed by atoms with van der Waals surface area (Å²) in [6, 6.07) is 10.5. The summed E-state index contributed by atoms with van der Waals surface area (Å²) in [6.07, 6.45) is 1.59. The monoisotopic (exact) mass is 331 g/mol. The molecule has 0 unspecified atom stereocenters. The number of nitrogens with zero attached hydrogens (tertiary/aromatic N) is 2. The Balaban J connectivity index is 2.31. The van der Waals surface area contributed by atoms with Crippen molar-refractivity contribution in [3.63, 3.8) is 0 Å². The fourth-order valence-corrected chi connectivity index (χ4v) is 1.93. The number of esters is 1. The summed E-state index contributed by atoms with van der Waals surface area (Å²) in [6.45, 7) is 0. The van der Waals surface area contributed by atoms with E-state index in [-0.39, 0.29) is 0 Å². The molecule has 20 heavy (non-hydrogen) atoms. The Hall–Kier alpha value is -2.39. The Morgan fingerprint density at radius 2 is 2.25 bits per heavy atom. The number of carbonyl (C=O) groups excluding carboxylic acids is 1. The maximum atomic E-state index is 11.5. The SMILES string of the molecule is COC(=O)c1cccc(Nc2ncc(Br)cc2C#N)c1. The molecule has 0 bridgehead atoms. The van der Waals surface area contributed by atoms with E-state index in [1.165, 1.54) is 7.11 Å². The van der Waals surface area contributed by atoms with Crippen LogP contribution in [-0.2, 0) is 4.74 Å². The molecule has 0 amide bonds. The van der Waals surface area contributed by atoms with E-state index in [2.05, 4.69) is 37.0 Å². The summed E-state index contributed by atoms with van der Waals surface area (Å²) in [5.41, 5.74) is 1.48. The molecule has 0 saturated carbocycles. The average Bonchev–Trinajstić information content (AvgIpc) is 2.48. The number of hydrogen-bond acceptors (Lipinski definition) is 5. The molecule has 0 saturated heterocycles. The van der Waals surface area contributed by atoms with Crippen LogP contribution in [0.1, 0.15) is 15.9 Å². The van der Waals surface area contributed by atoms with Gasteiger partial charge < -0.3 is 10.1 Å². The van der Waals surface area contributed by atoms with E-state index in [0.29, 0.717) is 22.6 Å². The zero-order valence-corrected chi connectivity index (χ0v) is 12.1. The van der Waals surface area contributed by atoms with E-state index in [4.69, 9.17) is 5.26 Å². The zero-order valence-electron chi connectivity index (χ0n) is 10.6. The average molecular weight is 332 g/mol. The molecule has 6 heteroatoms. The van der Waals surface area contributed by atoms with E-state index in [0.717, 1.165) is 4.47 Å². The Kier molecular flexibility index (Phi) is 4.33. The van der Waals surface area contributed by atoms with Crippen LogP contribution in [0.5, 0.6) is 0 Å². The van der Waals surface area contributed by atoms with Crippen molar-refractivity contribution < 1.29 is 9.53 Å². The summed E-state index contributed by atoms with van der Waals surface area (Å²) >= 11 is 3.26. The Bertz CT molecular complexity index is 695. The van der Waals surface area contributed by atoms with Crippen LogP contribution in [0.15, 0.2) is 41.0 Å². The molecule has 1 aromatic carbocycles. The van der Waals surface area contributed by atoms with E-state index in [9.17, 15) is 4.79 Å². The van der Waals surface area contributed by atoms with E-state index < -0.39 is 5.97 Å². The Morgan fingerprint density at radius 1 is 1.45 bits per heavy atom. The largest absolute Gasteiger partial charge is 0.465 e. The second-order valence-corrected chi connectivity index (χ2v) is 4.77. The highest BCUT2D eigenvalue weighted by molar-refractivity contribution is 9.10. The molecule has 2 aromatic rings. The summed E-state index contributed by atoms with van der Waals surface area (Å²) in [7, 11) is 1.33.